The van der Waals surface area contributed by atoms with Gasteiger partial charge < -0.3 is 4.74 Å². The van der Waals surface area contributed by atoms with E-state index in [4.69, 9.17) is 4.74 Å². The van der Waals surface area contributed by atoms with E-state index in [-0.39, 0.29) is 12.2 Å². The molecule has 0 atom stereocenters. The van der Waals surface area contributed by atoms with Crippen LogP contribution >= 0.6 is 11.3 Å². The summed E-state index contributed by atoms with van der Waals surface area (Å²) in [6.45, 7) is 5.77. The maximum Gasteiger partial charge on any atom is 0.280 e. The van der Waals surface area contributed by atoms with Gasteiger partial charge in [-0.3, -0.25) is 15.0 Å². The van der Waals surface area contributed by atoms with Gasteiger partial charge in [0, 0.05) is 4.88 Å². The van der Waals surface area contributed by atoms with Crippen molar-refractivity contribution in [3.8, 4) is 5.75 Å². The molecule has 0 saturated heterocycles. The van der Waals surface area contributed by atoms with Gasteiger partial charge >= 0.3 is 0 Å². The molecule has 130 valence electrons. The van der Waals surface area contributed by atoms with Crippen molar-refractivity contribution in [3.05, 3.63) is 57.0 Å². The highest BCUT2D eigenvalue weighted by atomic mass is 32.1. The first-order valence-corrected chi connectivity index (χ1v) is 8.79. The second-order valence-electron chi connectivity index (χ2n) is 5.85. The Morgan fingerprint density at radius 1 is 1.24 bits per heavy atom. The lowest BCUT2D eigenvalue weighted by Crippen LogP contribution is -2.35. The Hall–Kier alpha value is -2.67. The molecule has 1 N–H and O–H groups in total. The van der Waals surface area contributed by atoms with Crippen molar-refractivity contribution in [3.63, 3.8) is 0 Å². The van der Waals surface area contributed by atoms with Gasteiger partial charge in [0.15, 0.2) is 6.61 Å². The Kier molecular flexibility index (Phi) is 4.85. The van der Waals surface area contributed by atoms with Crippen LogP contribution in [0.15, 0.2) is 35.4 Å². The van der Waals surface area contributed by atoms with Gasteiger partial charge in [-0.1, -0.05) is 13.0 Å². The molecule has 0 unspecified atom stereocenters. The van der Waals surface area contributed by atoms with Crippen molar-refractivity contribution in [2.24, 2.45) is 0 Å². The molecule has 7 heteroatoms. The van der Waals surface area contributed by atoms with Crippen LogP contribution in [0.1, 0.15) is 22.9 Å². The zero-order valence-electron chi connectivity index (χ0n) is 14.3. The molecule has 0 aliphatic heterocycles. The average molecular weight is 357 g/mol. The Morgan fingerprint density at radius 3 is 2.64 bits per heavy atom. The van der Waals surface area contributed by atoms with Gasteiger partial charge in [0.1, 0.15) is 16.9 Å². The lowest BCUT2D eigenvalue weighted by atomic mass is 10.1. The molecule has 0 fully saturated rings. The topological polar surface area (TPSA) is 73.2 Å². The summed E-state index contributed by atoms with van der Waals surface area (Å²) in [7, 11) is 0. The smallest absolute Gasteiger partial charge is 0.280 e. The first kappa shape index (κ1) is 17.2. The highest BCUT2D eigenvalue weighted by molar-refractivity contribution is 7.18. The molecular formula is C18H19N3O3S. The highest BCUT2D eigenvalue weighted by Crippen LogP contribution is 2.20. The highest BCUT2D eigenvalue weighted by Gasteiger charge is 2.11. The van der Waals surface area contributed by atoms with Gasteiger partial charge in [0.05, 0.1) is 5.39 Å². The normalized spacial score (nSPS) is 10.8. The van der Waals surface area contributed by atoms with E-state index in [0.29, 0.717) is 16.0 Å². The minimum absolute atomic E-state index is 0.183. The van der Waals surface area contributed by atoms with Crippen molar-refractivity contribution >= 4 is 27.5 Å². The van der Waals surface area contributed by atoms with E-state index < -0.39 is 5.91 Å². The van der Waals surface area contributed by atoms with Crippen molar-refractivity contribution in [1.29, 1.82) is 0 Å². The molecule has 1 amide bonds. The van der Waals surface area contributed by atoms with Gasteiger partial charge in [0.2, 0.25) is 0 Å². The average Bonchev–Trinajstić information content (AvgIpc) is 2.99. The van der Waals surface area contributed by atoms with E-state index in [9.17, 15) is 9.59 Å². The number of aromatic nitrogens is 2. The third kappa shape index (κ3) is 3.88. The van der Waals surface area contributed by atoms with Crippen LogP contribution in [0.3, 0.4) is 0 Å². The molecule has 0 aliphatic carbocycles. The quantitative estimate of drug-likeness (QED) is 0.762. The fourth-order valence-electron chi connectivity index (χ4n) is 2.56. The van der Waals surface area contributed by atoms with Crippen LogP contribution in [0.4, 0.5) is 0 Å². The summed E-state index contributed by atoms with van der Waals surface area (Å²) in [4.78, 5) is 30.5. The summed E-state index contributed by atoms with van der Waals surface area (Å²) in [5, 5.41) is 0.514. The zero-order chi connectivity index (χ0) is 18.0. The standard InChI is InChI=1S/C18H19N3O3S/c1-4-14-8-15-17(25-14)19-10-21(18(15)23)20-16(22)9-24-13-6-11(2)5-12(3)7-13/h5-8,10H,4,9H2,1-3H3,(H,20,22). The third-order valence-corrected chi connectivity index (χ3v) is 4.85. The summed E-state index contributed by atoms with van der Waals surface area (Å²) in [6, 6.07) is 7.57. The summed E-state index contributed by atoms with van der Waals surface area (Å²) in [5.74, 6) is 0.201. The molecule has 3 rings (SSSR count). The molecule has 0 saturated carbocycles. The van der Waals surface area contributed by atoms with Gasteiger partial charge in [-0.05, 0) is 49.6 Å². The van der Waals surface area contributed by atoms with Gasteiger partial charge in [-0.2, -0.15) is 0 Å². The molecule has 25 heavy (non-hydrogen) atoms. The Bertz CT molecular complexity index is 971. The number of fused-ring (bicyclic) bond motifs is 1. The van der Waals surface area contributed by atoms with Gasteiger partial charge in [0.25, 0.3) is 11.5 Å². The second kappa shape index (κ2) is 7.06. The largest absolute Gasteiger partial charge is 0.484 e. The Morgan fingerprint density at radius 2 is 1.96 bits per heavy atom. The number of hydrogen-bond acceptors (Lipinski definition) is 5. The number of benzene rings is 1. The van der Waals surface area contributed by atoms with Crippen LogP contribution in [-0.4, -0.2) is 22.2 Å². The number of carbonyl (C=O) groups is 1. The van der Waals surface area contributed by atoms with Gasteiger partial charge in [-0.25, -0.2) is 9.66 Å². The Labute approximate surface area is 149 Å². The maximum atomic E-state index is 12.4. The number of thiophene rings is 1. The van der Waals surface area contributed by atoms with Crippen LogP contribution in [0.5, 0.6) is 5.75 Å². The van der Waals surface area contributed by atoms with E-state index in [1.165, 1.54) is 17.7 Å². The molecule has 0 aliphatic rings. The first-order chi connectivity index (χ1) is 12.0. The zero-order valence-corrected chi connectivity index (χ0v) is 15.1. The minimum Gasteiger partial charge on any atom is -0.484 e. The third-order valence-electron chi connectivity index (χ3n) is 3.66. The van der Waals surface area contributed by atoms with Crippen LogP contribution in [-0.2, 0) is 11.2 Å². The van der Waals surface area contributed by atoms with E-state index in [1.54, 1.807) is 0 Å². The fourth-order valence-corrected chi connectivity index (χ4v) is 3.48. The molecule has 1 aromatic carbocycles. The van der Waals surface area contributed by atoms with Crippen molar-refractivity contribution in [2.75, 3.05) is 12.0 Å². The number of carbonyl (C=O) groups excluding carboxylic acids is 1. The number of nitrogens with zero attached hydrogens (tertiary/aromatic N) is 2. The second-order valence-corrected chi connectivity index (χ2v) is 6.97. The summed E-state index contributed by atoms with van der Waals surface area (Å²) < 4.78 is 6.60. The number of hydrogen-bond donors (Lipinski definition) is 1. The molecular weight excluding hydrogens is 338 g/mol. The van der Waals surface area contributed by atoms with Gasteiger partial charge in [-0.15, -0.1) is 11.3 Å². The van der Waals surface area contributed by atoms with E-state index in [1.807, 2.05) is 45.0 Å². The number of nitrogens with one attached hydrogen (secondary N) is 1. The number of ether oxygens (including phenoxy) is 1. The molecule has 3 aromatic rings. The summed E-state index contributed by atoms with van der Waals surface area (Å²) >= 11 is 1.49. The lowest BCUT2D eigenvalue weighted by molar-refractivity contribution is -0.119. The summed E-state index contributed by atoms with van der Waals surface area (Å²) in [6.07, 6.45) is 2.17. The van der Waals surface area contributed by atoms with E-state index in [0.717, 1.165) is 27.1 Å². The van der Waals surface area contributed by atoms with Crippen LogP contribution in [0.2, 0.25) is 0 Å². The molecule has 2 aromatic heterocycles. The maximum absolute atomic E-state index is 12.4. The molecule has 2 heterocycles. The van der Waals surface area contributed by atoms with Crippen molar-refractivity contribution < 1.29 is 9.53 Å². The first-order valence-electron chi connectivity index (χ1n) is 7.97. The number of rotatable bonds is 5. The molecule has 0 bridgehead atoms. The van der Waals surface area contributed by atoms with Crippen molar-refractivity contribution in [1.82, 2.24) is 9.66 Å². The van der Waals surface area contributed by atoms with Crippen LogP contribution in [0.25, 0.3) is 10.2 Å². The molecule has 0 radical (unpaired) electrons. The molecule has 0 spiro atoms. The van der Waals surface area contributed by atoms with Crippen LogP contribution < -0.4 is 15.7 Å². The van der Waals surface area contributed by atoms with E-state index >= 15 is 0 Å². The van der Waals surface area contributed by atoms with Crippen LogP contribution in [0, 0.1) is 13.8 Å². The predicted octanol–water partition coefficient (Wildman–Crippen LogP) is 2.79. The predicted molar refractivity (Wildman–Crippen MR) is 99.0 cm³/mol. The Balaban J connectivity index is 1.71. The van der Waals surface area contributed by atoms with E-state index in [2.05, 4.69) is 10.4 Å². The SMILES string of the molecule is CCc1cc2c(=O)n(NC(=O)COc3cc(C)cc(C)c3)cnc2s1. The lowest BCUT2D eigenvalue weighted by Gasteiger charge is -2.10. The molecule has 6 nitrogen and oxygen atoms in total. The minimum atomic E-state index is -0.423. The number of aryl methyl sites for hydroxylation is 3. The number of amides is 1. The summed E-state index contributed by atoms with van der Waals surface area (Å²) in [5.41, 5.74) is 4.34. The monoisotopic (exact) mass is 357 g/mol. The fraction of sp³-hybridized carbons (Fsp3) is 0.278. The van der Waals surface area contributed by atoms with Crippen molar-refractivity contribution in [2.45, 2.75) is 27.2 Å².